The Labute approximate surface area is 249 Å². The smallest absolute Gasteiger partial charge is 0.323 e. The summed E-state index contributed by atoms with van der Waals surface area (Å²) in [6, 6.07) is 16.9. The molecule has 0 saturated carbocycles. The number of aromatic nitrogens is 1. The van der Waals surface area contributed by atoms with Crippen molar-refractivity contribution in [3.63, 3.8) is 0 Å². The molecule has 0 saturated heterocycles. The molecule has 1 aromatic heterocycles. The van der Waals surface area contributed by atoms with E-state index in [-0.39, 0.29) is 18.2 Å². The third-order valence-electron chi connectivity index (χ3n) is 7.13. The van der Waals surface area contributed by atoms with Gasteiger partial charge in [0.25, 0.3) is 5.91 Å². The highest BCUT2D eigenvalue weighted by Gasteiger charge is 2.38. The number of hydrogen-bond acceptors (Lipinski definition) is 7. The lowest BCUT2D eigenvalue weighted by Gasteiger charge is -2.30. The number of hydrogen-bond donors (Lipinski definition) is 2. The number of para-hydroxylation sites is 1. The molecule has 12 heteroatoms. The first-order chi connectivity index (χ1) is 20.6. The number of rotatable bonds is 11. The number of fused-ring (bicyclic) bond motifs is 1. The van der Waals surface area contributed by atoms with Crippen LogP contribution < -0.4 is 19.5 Å². The van der Waals surface area contributed by atoms with Gasteiger partial charge in [0.05, 0.1) is 23.3 Å². The predicted molar refractivity (Wildman–Crippen MR) is 157 cm³/mol. The van der Waals surface area contributed by atoms with E-state index in [1.54, 1.807) is 85.4 Å². The van der Waals surface area contributed by atoms with Crippen LogP contribution in [0.15, 0.2) is 84.0 Å². The second-order valence-corrected chi connectivity index (χ2v) is 11.8. The highest BCUT2D eigenvalue weighted by Crippen LogP contribution is 2.35. The molecule has 2 N–H and O–H groups in total. The molecule has 0 fully saturated rings. The molecule has 0 aliphatic carbocycles. The number of nitrogens with one attached hydrogen (secondary N) is 1. The summed E-state index contributed by atoms with van der Waals surface area (Å²) in [5.74, 6) is -0.573. The number of ether oxygens (including phenoxy) is 3. The molecule has 0 bridgehead atoms. The third-order valence-corrected chi connectivity index (χ3v) is 9.29. The van der Waals surface area contributed by atoms with Crippen molar-refractivity contribution >= 4 is 21.9 Å². The SMILES string of the molecule is COc1cc(C)c(S(=O)(=O)N(Cc2ccc3c(c2)OCO3)[C@H](CNC(=O)c2ccccc2-n2cccc2)C(=O)O)c(C)c1. The van der Waals surface area contributed by atoms with Crippen LogP contribution in [0.25, 0.3) is 5.69 Å². The normalized spacial score (nSPS) is 13.1. The Bertz CT molecular complexity index is 1750. The molecule has 4 aromatic rings. The van der Waals surface area contributed by atoms with E-state index in [9.17, 15) is 23.1 Å². The fraction of sp³-hybridized carbons (Fsp3) is 0.226. The monoisotopic (exact) mass is 605 g/mol. The number of benzene rings is 3. The molecule has 1 aliphatic heterocycles. The molecular weight excluding hydrogens is 574 g/mol. The number of carbonyl (C=O) groups is 2. The van der Waals surface area contributed by atoms with Crippen molar-refractivity contribution in [2.75, 3.05) is 20.4 Å². The number of carbonyl (C=O) groups excluding carboxylic acids is 1. The molecule has 0 radical (unpaired) electrons. The van der Waals surface area contributed by atoms with Crippen LogP contribution in [-0.2, 0) is 21.4 Å². The van der Waals surface area contributed by atoms with Gasteiger partial charge in [0.15, 0.2) is 11.5 Å². The zero-order valence-corrected chi connectivity index (χ0v) is 24.6. The molecule has 5 rings (SSSR count). The molecule has 1 amide bonds. The van der Waals surface area contributed by atoms with E-state index >= 15 is 0 Å². The minimum Gasteiger partial charge on any atom is -0.497 e. The summed E-state index contributed by atoms with van der Waals surface area (Å²) in [4.78, 5) is 26.1. The Hall–Kier alpha value is -4.81. The van der Waals surface area contributed by atoms with E-state index in [0.29, 0.717) is 45.2 Å². The molecule has 43 heavy (non-hydrogen) atoms. The zero-order chi connectivity index (χ0) is 30.7. The Morgan fingerprint density at radius 3 is 2.35 bits per heavy atom. The zero-order valence-electron chi connectivity index (χ0n) is 23.8. The lowest BCUT2D eigenvalue weighted by Crippen LogP contribution is -2.51. The van der Waals surface area contributed by atoms with Crippen LogP contribution in [0.2, 0.25) is 0 Å². The van der Waals surface area contributed by atoms with Gasteiger partial charge in [-0.25, -0.2) is 8.42 Å². The van der Waals surface area contributed by atoms with Gasteiger partial charge in [0.2, 0.25) is 16.8 Å². The second kappa shape index (κ2) is 12.2. The maximum absolute atomic E-state index is 14.3. The standard InChI is InChI=1S/C31H31N3O8S/c1-20-14-23(40-3)15-21(2)29(20)43(38,39)34(18-22-10-11-27-28(16-22)42-19-41-27)26(31(36)37)17-32-30(35)24-8-4-5-9-25(24)33-12-6-7-13-33/h4-16,26H,17-19H2,1-3H3,(H,32,35)(H,36,37)/t26-/m1/s1. The molecule has 2 heterocycles. The number of methoxy groups -OCH3 is 1. The average Bonchev–Trinajstić information content (AvgIpc) is 3.68. The second-order valence-electron chi connectivity index (χ2n) is 10.00. The molecule has 1 atom stereocenters. The number of aryl methyl sites for hydroxylation is 2. The van der Waals surface area contributed by atoms with Crippen LogP contribution in [0.1, 0.15) is 27.0 Å². The van der Waals surface area contributed by atoms with Gasteiger partial charge in [-0.3, -0.25) is 9.59 Å². The van der Waals surface area contributed by atoms with Crippen molar-refractivity contribution < 1.29 is 37.3 Å². The fourth-order valence-corrected chi connectivity index (χ4v) is 7.10. The largest absolute Gasteiger partial charge is 0.497 e. The number of aliphatic carboxylic acids is 1. The van der Waals surface area contributed by atoms with Crippen LogP contribution in [-0.4, -0.2) is 60.8 Å². The first-order valence-corrected chi connectivity index (χ1v) is 14.8. The topological polar surface area (TPSA) is 136 Å². The van der Waals surface area contributed by atoms with Crippen LogP contribution in [0.4, 0.5) is 0 Å². The Balaban J connectivity index is 1.52. The first kappa shape index (κ1) is 29.7. The van der Waals surface area contributed by atoms with Gasteiger partial charge in [-0.2, -0.15) is 4.31 Å². The lowest BCUT2D eigenvalue weighted by molar-refractivity contribution is -0.141. The number of sulfonamides is 1. The summed E-state index contributed by atoms with van der Waals surface area (Å²) in [5.41, 5.74) is 2.15. The average molecular weight is 606 g/mol. The van der Waals surface area contributed by atoms with Crippen molar-refractivity contribution in [1.29, 1.82) is 0 Å². The van der Waals surface area contributed by atoms with Crippen molar-refractivity contribution in [3.05, 3.63) is 101 Å². The van der Waals surface area contributed by atoms with Crippen LogP contribution >= 0.6 is 0 Å². The van der Waals surface area contributed by atoms with E-state index in [1.807, 2.05) is 12.1 Å². The van der Waals surface area contributed by atoms with Crippen molar-refractivity contribution in [2.24, 2.45) is 0 Å². The van der Waals surface area contributed by atoms with Crippen LogP contribution in [0.3, 0.4) is 0 Å². The summed E-state index contributed by atoms with van der Waals surface area (Å²) in [5, 5.41) is 13.0. The number of carboxylic acid groups (broad SMARTS) is 1. The van der Waals surface area contributed by atoms with E-state index < -0.39 is 34.5 Å². The van der Waals surface area contributed by atoms with Gasteiger partial charge in [0, 0.05) is 25.5 Å². The maximum Gasteiger partial charge on any atom is 0.323 e. The van der Waals surface area contributed by atoms with Crippen LogP contribution in [0.5, 0.6) is 17.2 Å². The maximum atomic E-state index is 14.3. The van der Waals surface area contributed by atoms with Gasteiger partial charge in [0.1, 0.15) is 11.8 Å². The molecule has 0 spiro atoms. The molecular formula is C31H31N3O8S. The molecule has 3 aromatic carbocycles. The summed E-state index contributed by atoms with van der Waals surface area (Å²) in [6.45, 7) is 2.47. The van der Waals surface area contributed by atoms with Crippen LogP contribution in [0, 0.1) is 13.8 Å². The third kappa shape index (κ3) is 6.06. The number of nitrogens with zero attached hydrogens (tertiary/aromatic N) is 2. The van der Waals surface area contributed by atoms with Gasteiger partial charge < -0.3 is 29.2 Å². The summed E-state index contributed by atoms with van der Waals surface area (Å²) in [6.07, 6.45) is 3.57. The van der Waals surface area contributed by atoms with Gasteiger partial charge in [-0.05, 0) is 79.1 Å². The van der Waals surface area contributed by atoms with E-state index in [2.05, 4.69) is 5.32 Å². The molecule has 0 unspecified atom stereocenters. The van der Waals surface area contributed by atoms with E-state index in [1.165, 1.54) is 7.11 Å². The Kier molecular flexibility index (Phi) is 8.42. The number of carboxylic acids is 1. The van der Waals surface area contributed by atoms with Gasteiger partial charge in [-0.15, -0.1) is 0 Å². The van der Waals surface area contributed by atoms with Crippen molar-refractivity contribution in [3.8, 4) is 22.9 Å². The molecule has 224 valence electrons. The fourth-order valence-electron chi connectivity index (χ4n) is 5.12. The first-order valence-electron chi connectivity index (χ1n) is 13.4. The Morgan fingerprint density at radius 2 is 1.67 bits per heavy atom. The van der Waals surface area contributed by atoms with Gasteiger partial charge >= 0.3 is 5.97 Å². The van der Waals surface area contributed by atoms with Crippen molar-refractivity contribution in [2.45, 2.75) is 31.3 Å². The van der Waals surface area contributed by atoms with E-state index in [4.69, 9.17) is 14.2 Å². The highest BCUT2D eigenvalue weighted by molar-refractivity contribution is 7.89. The summed E-state index contributed by atoms with van der Waals surface area (Å²) < 4.78 is 47.4. The Morgan fingerprint density at radius 1 is 1.00 bits per heavy atom. The summed E-state index contributed by atoms with van der Waals surface area (Å²) in [7, 11) is -2.95. The quantitative estimate of drug-likeness (QED) is 0.263. The van der Waals surface area contributed by atoms with E-state index in [0.717, 1.165) is 4.31 Å². The predicted octanol–water partition coefficient (Wildman–Crippen LogP) is 3.91. The lowest BCUT2D eigenvalue weighted by atomic mass is 10.1. The minimum absolute atomic E-state index is 0.0271. The summed E-state index contributed by atoms with van der Waals surface area (Å²) >= 11 is 0. The van der Waals surface area contributed by atoms with Crippen molar-refractivity contribution in [1.82, 2.24) is 14.2 Å². The molecule has 11 nitrogen and oxygen atoms in total. The number of amides is 1. The van der Waals surface area contributed by atoms with Gasteiger partial charge in [-0.1, -0.05) is 18.2 Å². The highest BCUT2D eigenvalue weighted by atomic mass is 32.2. The minimum atomic E-state index is -4.43. The molecule has 1 aliphatic rings.